The number of hydrogen-bond donors (Lipinski definition) is 1. The Morgan fingerprint density at radius 2 is 2.00 bits per heavy atom. The lowest BCUT2D eigenvalue weighted by Crippen LogP contribution is -2.37. The van der Waals surface area contributed by atoms with Gasteiger partial charge < -0.3 is 0 Å². The van der Waals surface area contributed by atoms with Crippen molar-refractivity contribution in [3.63, 3.8) is 0 Å². The van der Waals surface area contributed by atoms with Gasteiger partial charge in [0.1, 0.15) is 0 Å². The molecule has 0 amide bonds. The van der Waals surface area contributed by atoms with E-state index in [1.165, 1.54) is 0 Å². The molecule has 0 saturated heterocycles. The fourth-order valence-corrected chi connectivity index (χ4v) is 0.218. The van der Waals surface area contributed by atoms with Gasteiger partial charge in [-0.3, -0.25) is 0 Å². The van der Waals surface area contributed by atoms with E-state index >= 15 is 0 Å². The lowest BCUT2D eigenvalue weighted by Gasteiger charge is -2.03. The second kappa shape index (κ2) is 3.43. The molecule has 10 heavy (non-hydrogen) atoms. The van der Waals surface area contributed by atoms with Gasteiger partial charge in [-0.1, -0.05) is 0 Å². The van der Waals surface area contributed by atoms with E-state index in [9.17, 15) is 20.2 Å². The maximum Gasteiger partial charge on any atom is 0.204 e. The second-order valence-corrected chi connectivity index (χ2v) is 1.47. The molecule has 0 aliphatic carbocycles. The van der Waals surface area contributed by atoms with E-state index in [0.29, 0.717) is 5.01 Å². The van der Waals surface area contributed by atoms with Gasteiger partial charge in [-0.05, 0) is 0 Å². The molecule has 8 nitrogen and oxygen atoms in total. The van der Waals surface area contributed by atoms with Crippen LogP contribution >= 0.6 is 0 Å². The molecule has 0 aliphatic rings. The van der Waals surface area contributed by atoms with Gasteiger partial charge in [-0.25, -0.2) is 20.2 Å². The van der Waals surface area contributed by atoms with Crippen LogP contribution in [-0.2, 0) is 0 Å². The lowest BCUT2D eigenvalue weighted by atomic mass is 11.0. The molecule has 8 heteroatoms. The summed E-state index contributed by atoms with van der Waals surface area (Å²) in [5, 5.41) is 18.3. The molecule has 0 aromatic carbocycles. The molecule has 0 spiro atoms. The van der Waals surface area contributed by atoms with E-state index in [2.05, 4.69) is 0 Å². The Bertz CT molecular complexity index is 146. The van der Waals surface area contributed by atoms with Crippen molar-refractivity contribution in [3.05, 3.63) is 20.2 Å². The Morgan fingerprint density at radius 1 is 1.50 bits per heavy atom. The highest BCUT2D eigenvalue weighted by Crippen LogP contribution is 1.76. The van der Waals surface area contributed by atoms with Crippen LogP contribution in [0.2, 0.25) is 0 Å². The first-order chi connectivity index (χ1) is 4.54. The van der Waals surface area contributed by atoms with Crippen LogP contribution in [0.15, 0.2) is 0 Å². The molecule has 1 N–H and O–H groups in total. The summed E-state index contributed by atoms with van der Waals surface area (Å²) in [6, 6.07) is 0. The first-order valence-corrected chi connectivity index (χ1v) is 2.27. The van der Waals surface area contributed by atoms with Crippen LogP contribution in [0.3, 0.4) is 0 Å². The van der Waals surface area contributed by atoms with Crippen molar-refractivity contribution in [2.24, 2.45) is 0 Å². The molecule has 0 aromatic rings. The van der Waals surface area contributed by atoms with Crippen LogP contribution in [0.25, 0.3) is 0 Å². The van der Waals surface area contributed by atoms with Gasteiger partial charge in [0.2, 0.25) is 6.67 Å². The van der Waals surface area contributed by atoms with E-state index < -0.39 is 16.7 Å². The third-order valence-electron chi connectivity index (χ3n) is 0.707. The molecule has 0 aromatic heterocycles. The summed E-state index contributed by atoms with van der Waals surface area (Å²) < 4.78 is 0. The van der Waals surface area contributed by atoms with E-state index in [1.807, 2.05) is 0 Å². The molecule has 0 aliphatic heterocycles. The number of nitro groups is 2. The number of hydrazine groups is 2. The average Bonchev–Trinajstić information content (AvgIpc) is 1.82. The fraction of sp³-hybridized carbons (Fsp3) is 1.00. The summed E-state index contributed by atoms with van der Waals surface area (Å²) in [6.07, 6.45) is 0. The van der Waals surface area contributed by atoms with Crippen molar-refractivity contribution < 1.29 is 10.1 Å². The summed E-state index contributed by atoms with van der Waals surface area (Å²) in [7, 11) is 1.12. The molecule has 0 heterocycles. The zero-order valence-electron chi connectivity index (χ0n) is 5.18. The third-order valence-corrected chi connectivity index (χ3v) is 0.707. The maximum atomic E-state index is 9.78. The van der Waals surface area contributed by atoms with Gasteiger partial charge in [0.25, 0.3) is 0 Å². The van der Waals surface area contributed by atoms with E-state index in [0.717, 1.165) is 7.05 Å². The molecule has 0 radical (unpaired) electrons. The summed E-state index contributed by atoms with van der Waals surface area (Å²) in [4.78, 5) is 19.4. The molecule has 0 unspecified atom stereocenters. The van der Waals surface area contributed by atoms with Crippen molar-refractivity contribution >= 4 is 0 Å². The van der Waals surface area contributed by atoms with Crippen LogP contribution < -0.4 is 5.43 Å². The van der Waals surface area contributed by atoms with E-state index in [4.69, 9.17) is 0 Å². The van der Waals surface area contributed by atoms with Crippen LogP contribution in [0.4, 0.5) is 0 Å². The van der Waals surface area contributed by atoms with Gasteiger partial charge >= 0.3 is 0 Å². The van der Waals surface area contributed by atoms with Gasteiger partial charge in [0, 0.05) is 0 Å². The van der Waals surface area contributed by atoms with Gasteiger partial charge in [0.05, 0.1) is 7.05 Å². The molecule has 58 valence electrons. The smallest absolute Gasteiger partial charge is 0.204 e. The standard InChI is InChI=1S/C2H6N4O4/c1-4(6(9)10)2-3-5(7)8/h3H,2H2,1H3. The molecular formula is C2H6N4O4. The fourth-order valence-electron chi connectivity index (χ4n) is 0.218. The number of hydrogen-bond acceptors (Lipinski definition) is 4. The van der Waals surface area contributed by atoms with E-state index in [1.54, 1.807) is 5.43 Å². The monoisotopic (exact) mass is 150 g/mol. The third kappa shape index (κ3) is 3.41. The Morgan fingerprint density at radius 3 is 2.30 bits per heavy atom. The van der Waals surface area contributed by atoms with Crippen LogP contribution in [0.5, 0.6) is 0 Å². The molecule has 0 atom stereocenters. The minimum absolute atomic E-state index is 0.417. The van der Waals surface area contributed by atoms with E-state index in [-0.39, 0.29) is 0 Å². The highest BCUT2D eigenvalue weighted by molar-refractivity contribution is 4.21. The first-order valence-electron chi connectivity index (χ1n) is 2.27. The van der Waals surface area contributed by atoms with Crippen molar-refractivity contribution in [1.29, 1.82) is 0 Å². The SMILES string of the molecule is CN(CN[N+](=O)[O-])[N+](=O)[O-]. The lowest BCUT2D eigenvalue weighted by molar-refractivity contribution is -0.665. The summed E-state index contributed by atoms with van der Waals surface area (Å²) in [5.41, 5.74) is 1.63. The Kier molecular flexibility index (Phi) is 2.88. The first kappa shape index (κ1) is 8.40. The summed E-state index contributed by atoms with van der Waals surface area (Å²) >= 11 is 0. The number of nitrogens with zero attached hydrogens (tertiary/aromatic N) is 3. The summed E-state index contributed by atoms with van der Waals surface area (Å²) in [6.45, 7) is -0.417. The van der Waals surface area contributed by atoms with Gasteiger partial charge in [0.15, 0.2) is 10.1 Å². The zero-order valence-corrected chi connectivity index (χ0v) is 5.18. The highest BCUT2D eigenvalue weighted by atomic mass is 16.7. The quantitative estimate of drug-likeness (QED) is 0.308. The Balaban J connectivity index is 3.49. The van der Waals surface area contributed by atoms with Crippen molar-refractivity contribution in [2.75, 3.05) is 13.7 Å². The van der Waals surface area contributed by atoms with Crippen LogP contribution in [0.1, 0.15) is 0 Å². The normalized spacial score (nSPS) is 8.50. The zero-order chi connectivity index (χ0) is 8.15. The predicted octanol–water partition coefficient (Wildman–Crippen LogP) is -1.15. The molecule has 0 fully saturated rings. The van der Waals surface area contributed by atoms with Gasteiger partial charge in [-0.2, -0.15) is 0 Å². The molecule has 0 bridgehead atoms. The van der Waals surface area contributed by atoms with Crippen LogP contribution in [-0.4, -0.2) is 28.8 Å². The Labute approximate surface area is 55.7 Å². The van der Waals surface area contributed by atoms with Crippen molar-refractivity contribution in [1.82, 2.24) is 10.4 Å². The highest BCUT2D eigenvalue weighted by Gasteiger charge is 2.07. The topological polar surface area (TPSA) is 102 Å². The minimum Gasteiger partial charge on any atom is -0.235 e. The number of nitrogens with one attached hydrogen (secondary N) is 1. The predicted molar refractivity (Wildman–Crippen MR) is 29.8 cm³/mol. The summed E-state index contributed by atoms with van der Waals surface area (Å²) in [5.74, 6) is 0. The largest absolute Gasteiger partial charge is 0.235 e. The van der Waals surface area contributed by atoms with Crippen LogP contribution in [0, 0.1) is 20.2 Å². The number of rotatable bonds is 4. The minimum atomic E-state index is -0.847. The average molecular weight is 150 g/mol. The second-order valence-electron chi connectivity index (χ2n) is 1.47. The molecular weight excluding hydrogens is 144 g/mol. The Hall–Kier alpha value is -1.60. The van der Waals surface area contributed by atoms with Crippen molar-refractivity contribution in [3.8, 4) is 0 Å². The molecule has 0 saturated carbocycles. The molecule has 0 rings (SSSR count). The maximum absolute atomic E-state index is 9.78. The van der Waals surface area contributed by atoms with Crippen molar-refractivity contribution in [2.45, 2.75) is 0 Å². The van der Waals surface area contributed by atoms with Gasteiger partial charge in [-0.15, -0.1) is 10.4 Å².